The Bertz CT molecular complexity index is 394. The highest BCUT2D eigenvalue weighted by atomic mass is 32.2. The third-order valence-electron chi connectivity index (χ3n) is 3.07. The first-order chi connectivity index (χ1) is 8.66. The average molecular weight is 269 g/mol. The molecule has 18 heavy (non-hydrogen) atoms. The largest absolute Gasteiger partial charge is 0.361 e. The summed E-state index contributed by atoms with van der Waals surface area (Å²) in [5.74, 6) is 3.00. The van der Waals surface area contributed by atoms with Gasteiger partial charge in [0.05, 0.1) is 5.69 Å². The predicted octanol–water partition coefficient (Wildman–Crippen LogP) is 1.00. The van der Waals surface area contributed by atoms with Gasteiger partial charge in [-0.15, -0.1) is 0 Å². The summed E-state index contributed by atoms with van der Waals surface area (Å²) in [6.45, 7) is 5.24. The van der Waals surface area contributed by atoms with Crippen LogP contribution in [0.5, 0.6) is 0 Å². The van der Waals surface area contributed by atoms with Crippen molar-refractivity contribution in [2.45, 2.75) is 32.9 Å². The molecule has 1 saturated heterocycles. The van der Waals surface area contributed by atoms with E-state index in [1.54, 1.807) is 0 Å². The smallest absolute Gasteiger partial charge is 0.221 e. The maximum atomic E-state index is 11.8. The number of hydrogen-bond donors (Lipinski definition) is 2. The van der Waals surface area contributed by atoms with Gasteiger partial charge in [0.25, 0.3) is 0 Å². The summed E-state index contributed by atoms with van der Waals surface area (Å²) in [5.41, 5.74) is 1.83. The Morgan fingerprint density at radius 3 is 3.06 bits per heavy atom. The fourth-order valence-electron chi connectivity index (χ4n) is 1.99. The summed E-state index contributed by atoms with van der Waals surface area (Å²) < 4.78 is 5.06. The van der Waals surface area contributed by atoms with Crippen LogP contribution < -0.4 is 10.6 Å². The first-order valence-corrected chi connectivity index (χ1v) is 7.32. The van der Waals surface area contributed by atoms with Crippen LogP contribution in [-0.2, 0) is 11.3 Å². The van der Waals surface area contributed by atoms with Gasteiger partial charge >= 0.3 is 0 Å². The molecular weight excluding hydrogens is 250 g/mol. The maximum Gasteiger partial charge on any atom is 0.221 e. The molecule has 1 unspecified atom stereocenters. The van der Waals surface area contributed by atoms with E-state index in [0.717, 1.165) is 35.1 Å². The van der Waals surface area contributed by atoms with E-state index < -0.39 is 0 Å². The molecule has 1 amide bonds. The topological polar surface area (TPSA) is 67.2 Å². The minimum absolute atomic E-state index is 0.0787. The zero-order chi connectivity index (χ0) is 13.0. The van der Waals surface area contributed by atoms with Crippen LogP contribution in [0.2, 0.25) is 0 Å². The number of hydrogen-bond acceptors (Lipinski definition) is 5. The number of carbonyl (C=O) groups is 1. The fraction of sp³-hybridized carbons (Fsp3) is 0.667. The van der Waals surface area contributed by atoms with Crippen molar-refractivity contribution >= 4 is 17.7 Å². The Balaban J connectivity index is 1.77. The number of aromatic nitrogens is 1. The van der Waals surface area contributed by atoms with Gasteiger partial charge in [0.15, 0.2) is 0 Å². The number of thioether (sulfide) groups is 1. The second kappa shape index (κ2) is 6.24. The van der Waals surface area contributed by atoms with Crippen molar-refractivity contribution in [2.75, 3.05) is 18.1 Å². The molecule has 1 aromatic heterocycles. The molecule has 6 heteroatoms. The average Bonchev–Trinajstić information content (AvgIpc) is 2.68. The monoisotopic (exact) mass is 269 g/mol. The van der Waals surface area contributed by atoms with Gasteiger partial charge in [0.1, 0.15) is 5.76 Å². The van der Waals surface area contributed by atoms with Crippen LogP contribution in [0.25, 0.3) is 0 Å². The predicted molar refractivity (Wildman–Crippen MR) is 71.6 cm³/mol. The van der Waals surface area contributed by atoms with E-state index in [1.807, 2.05) is 25.6 Å². The van der Waals surface area contributed by atoms with Crippen molar-refractivity contribution in [3.05, 3.63) is 17.0 Å². The minimum Gasteiger partial charge on any atom is -0.361 e. The lowest BCUT2D eigenvalue weighted by atomic mass is 10.2. The zero-order valence-corrected chi connectivity index (χ0v) is 11.6. The van der Waals surface area contributed by atoms with Crippen molar-refractivity contribution in [3.63, 3.8) is 0 Å². The van der Waals surface area contributed by atoms with Crippen molar-refractivity contribution < 1.29 is 9.32 Å². The maximum absolute atomic E-state index is 11.8. The fourth-order valence-corrected chi connectivity index (χ4v) is 2.94. The van der Waals surface area contributed by atoms with E-state index in [1.165, 1.54) is 0 Å². The second-order valence-electron chi connectivity index (χ2n) is 4.51. The van der Waals surface area contributed by atoms with Gasteiger partial charge in [-0.2, -0.15) is 11.8 Å². The Morgan fingerprint density at radius 2 is 2.44 bits per heavy atom. The van der Waals surface area contributed by atoms with Crippen molar-refractivity contribution in [1.82, 2.24) is 15.8 Å². The van der Waals surface area contributed by atoms with Crippen LogP contribution in [0.4, 0.5) is 0 Å². The van der Waals surface area contributed by atoms with Crippen LogP contribution in [0, 0.1) is 13.8 Å². The van der Waals surface area contributed by atoms with E-state index in [4.69, 9.17) is 4.52 Å². The Labute approximate surface area is 111 Å². The normalized spacial score (nSPS) is 19.8. The lowest BCUT2D eigenvalue weighted by Crippen LogP contribution is -2.41. The Hall–Kier alpha value is -1.01. The first kappa shape index (κ1) is 13.4. The number of aryl methyl sites for hydroxylation is 2. The number of amides is 1. The summed E-state index contributed by atoms with van der Waals surface area (Å²) in [4.78, 5) is 11.8. The SMILES string of the molecule is Cc1noc(C)c1CNC(=O)CC1CSCCN1. The summed E-state index contributed by atoms with van der Waals surface area (Å²) in [5, 5.41) is 10.1. The van der Waals surface area contributed by atoms with Crippen LogP contribution in [-0.4, -0.2) is 35.2 Å². The number of nitrogens with one attached hydrogen (secondary N) is 2. The molecule has 0 bridgehead atoms. The third kappa shape index (κ3) is 3.49. The van der Waals surface area contributed by atoms with Crippen LogP contribution in [0.3, 0.4) is 0 Å². The van der Waals surface area contributed by atoms with Gasteiger partial charge in [-0.05, 0) is 13.8 Å². The highest BCUT2D eigenvalue weighted by Crippen LogP contribution is 2.12. The van der Waals surface area contributed by atoms with Gasteiger partial charge in [-0.25, -0.2) is 0 Å². The van der Waals surface area contributed by atoms with E-state index in [0.29, 0.717) is 19.0 Å². The molecule has 1 aliphatic heterocycles. The van der Waals surface area contributed by atoms with E-state index >= 15 is 0 Å². The second-order valence-corrected chi connectivity index (χ2v) is 5.66. The summed E-state index contributed by atoms with van der Waals surface area (Å²) in [6.07, 6.45) is 0.538. The number of nitrogens with zero attached hydrogens (tertiary/aromatic N) is 1. The Kier molecular flexibility index (Phi) is 4.66. The van der Waals surface area contributed by atoms with E-state index in [9.17, 15) is 4.79 Å². The molecule has 0 radical (unpaired) electrons. The molecule has 5 nitrogen and oxygen atoms in total. The molecule has 1 aliphatic rings. The third-order valence-corrected chi connectivity index (χ3v) is 4.20. The number of carbonyl (C=O) groups excluding carboxylic acids is 1. The molecule has 2 rings (SSSR count). The molecular formula is C12H19N3O2S. The van der Waals surface area contributed by atoms with Gasteiger partial charge in [-0.1, -0.05) is 5.16 Å². The van der Waals surface area contributed by atoms with Crippen LogP contribution >= 0.6 is 11.8 Å². The van der Waals surface area contributed by atoms with Gasteiger partial charge in [-0.3, -0.25) is 4.79 Å². The molecule has 2 heterocycles. The first-order valence-electron chi connectivity index (χ1n) is 6.16. The zero-order valence-electron chi connectivity index (χ0n) is 10.8. The molecule has 0 aliphatic carbocycles. The highest BCUT2D eigenvalue weighted by molar-refractivity contribution is 7.99. The molecule has 100 valence electrons. The molecule has 1 aromatic rings. The van der Waals surface area contributed by atoms with Crippen molar-refractivity contribution in [3.8, 4) is 0 Å². The van der Waals surface area contributed by atoms with Crippen LogP contribution in [0.1, 0.15) is 23.4 Å². The molecule has 1 fully saturated rings. The summed E-state index contributed by atoms with van der Waals surface area (Å²) >= 11 is 1.90. The molecule has 0 spiro atoms. The van der Waals surface area contributed by atoms with Crippen molar-refractivity contribution in [1.29, 1.82) is 0 Å². The summed E-state index contributed by atoms with van der Waals surface area (Å²) in [7, 11) is 0. The van der Waals surface area contributed by atoms with Gasteiger partial charge < -0.3 is 15.2 Å². The molecule has 1 atom stereocenters. The highest BCUT2D eigenvalue weighted by Gasteiger charge is 2.17. The minimum atomic E-state index is 0.0787. The quantitative estimate of drug-likeness (QED) is 0.853. The van der Waals surface area contributed by atoms with Gasteiger partial charge in [0, 0.05) is 42.6 Å². The molecule has 2 N–H and O–H groups in total. The standard InChI is InChI=1S/C12H19N3O2S/c1-8-11(9(2)17-15-8)6-14-12(16)5-10-7-18-4-3-13-10/h10,13H,3-7H2,1-2H3,(H,14,16). The van der Waals surface area contributed by atoms with Crippen molar-refractivity contribution in [2.24, 2.45) is 0 Å². The van der Waals surface area contributed by atoms with Crippen LogP contribution in [0.15, 0.2) is 4.52 Å². The molecule has 0 aromatic carbocycles. The Morgan fingerprint density at radius 1 is 1.61 bits per heavy atom. The van der Waals surface area contributed by atoms with E-state index in [2.05, 4.69) is 15.8 Å². The molecule has 0 saturated carbocycles. The number of rotatable bonds is 4. The van der Waals surface area contributed by atoms with E-state index in [-0.39, 0.29) is 5.91 Å². The lowest BCUT2D eigenvalue weighted by molar-refractivity contribution is -0.121. The lowest BCUT2D eigenvalue weighted by Gasteiger charge is -2.22. The van der Waals surface area contributed by atoms with Gasteiger partial charge in [0.2, 0.25) is 5.91 Å². The summed E-state index contributed by atoms with van der Waals surface area (Å²) in [6, 6.07) is 0.299.